The van der Waals surface area contributed by atoms with Crippen LogP contribution in [0.3, 0.4) is 0 Å². The first kappa shape index (κ1) is 19.3. The topological polar surface area (TPSA) is 51.5 Å². The molecule has 0 saturated carbocycles. The number of carboxylic acid groups (broad SMARTS) is 1. The summed E-state index contributed by atoms with van der Waals surface area (Å²) in [6.45, 7) is 1.23. The molecule has 2 heterocycles. The van der Waals surface area contributed by atoms with Gasteiger partial charge in [0, 0.05) is 38.4 Å². The maximum absolute atomic E-state index is 12.1. The van der Waals surface area contributed by atoms with E-state index < -0.39 is 5.97 Å². The Labute approximate surface area is 183 Å². The van der Waals surface area contributed by atoms with Crippen molar-refractivity contribution in [2.24, 2.45) is 0 Å². The number of ether oxygens (including phenoxy) is 1. The Hall–Kier alpha value is -2.63. The van der Waals surface area contributed by atoms with Crippen molar-refractivity contribution >= 4 is 51.0 Å². The van der Waals surface area contributed by atoms with Gasteiger partial charge in [-0.1, -0.05) is 48.0 Å². The molecule has 0 aliphatic carbocycles. The first-order valence-electron chi connectivity index (χ1n) is 9.95. The summed E-state index contributed by atoms with van der Waals surface area (Å²) in [5.41, 5.74) is 2.40. The molecule has 0 atom stereocenters. The minimum Gasteiger partial charge on any atom is -0.493 e. The van der Waals surface area contributed by atoms with E-state index in [1.54, 1.807) is 11.8 Å². The molecule has 0 saturated heterocycles. The number of para-hydroxylation sites is 1. The molecule has 1 aliphatic heterocycles. The molecular weight excluding hydrogens is 418 g/mol. The van der Waals surface area contributed by atoms with E-state index in [4.69, 9.17) is 16.3 Å². The molecule has 0 bridgehead atoms. The molecule has 1 N–H and O–H groups in total. The van der Waals surface area contributed by atoms with Crippen LogP contribution in [0.1, 0.15) is 22.5 Å². The SMILES string of the molecule is O=C(O)c1c(CCCOc2ccc(Cl)c3ccccc23)c2cccc3c2n1CCS3. The number of carboxylic acids is 1. The Bertz CT molecular complexity index is 1280. The van der Waals surface area contributed by atoms with Crippen molar-refractivity contribution in [1.29, 1.82) is 0 Å². The summed E-state index contributed by atoms with van der Waals surface area (Å²) in [4.78, 5) is 13.2. The lowest BCUT2D eigenvalue weighted by molar-refractivity contribution is 0.0684. The summed E-state index contributed by atoms with van der Waals surface area (Å²) in [7, 11) is 0. The average molecular weight is 438 g/mol. The smallest absolute Gasteiger partial charge is 0.352 e. The predicted molar refractivity (Wildman–Crippen MR) is 122 cm³/mol. The fourth-order valence-corrected chi connectivity index (χ4v) is 5.58. The molecular formula is C24H20ClNO3S. The van der Waals surface area contributed by atoms with E-state index in [0.29, 0.717) is 23.7 Å². The van der Waals surface area contributed by atoms with Gasteiger partial charge < -0.3 is 14.4 Å². The van der Waals surface area contributed by atoms with Crippen LogP contribution in [0.15, 0.2) is 59.5 Å². The van der Waals surface area contributed by atoms with Crippen LogP contribution in [0, 0.1) is 0 Å². The normalized spacial score (nSPS) is 13.1. The maximum atomic E-state index is 12.1. The highest BCUT2D eigenvalue weighted by molar-refractivity contribution is 7.99. The van der Waals surface area contributed by atoms with E-state index in [1.807, 2.05) is 53.1 Å². The monoisotopic (exact) mass is 437 g/mol. The molecule has 1 aromatic heterocycles. The Morgan fingerprint density at radius 2 is 1.87 bits per heavy atom. The number of aromatic carboxylic acids is 1. The molecule has 5 rings (SSSR count). The van der Waals surface area contributed by atoms with E-state index >= 15 is 0 Å². The quantitative estimate of drug-likeness (QED) is 0.361. The fourth-order valence-electron chi connectivity index (χ4n) is 4.32. The van der Waals surface area contributed by atoms with Gasteiger partial charge in [-0.2, -0.15) is 0 Å². The summed E-state index contributed by atoms with van der Waals surface area (Å²) < 4.78 is 8.04. The summed E-state index contributed by atoms with van der Waals surface area (Å²) >= 11 is 8.09. The van der Waals surface area contributed by atoms with Crippen molar-refractivity contribution in [3.05, 3.63) is 70.9 Å². The number of rotatable bonds is 6. The Morgan fingerprint density at radius 3 is 2.70 bits per heavy atom. The number of fused-ring (bicyclic) bond motifs is 1. The molecule has 1 aliphatic rings. The van der Waals surface area contributed by atoms with Gasteiger partial charge >= 0.3 is 5.97 Å². The zero-order valence-corrected chi connectivity index (χ0v) is 17.8. The van der Waals surface area contributed by atoms with Gasteiger partial charge in [-0.25, -0.2) is 4.79 Å². The van der Waals surface area contributed by atoms with Gasteiger partial charge in [0.25, 0.3) is 0 Å². The maximum Gasteiger partial charge on any atom is 0.352 e. The molecule has 0 unspecified atom stereocenters. The van der Waals surface area contributed by atoms with Gasteiger partial charge in [0.15, 0.2) is 0 Å². The van der Waals surface area contributed by atoms with Crippen molar-refractivity contribution in [3.8, 4) is 5.75 Å². The van der Waals surface area contributed by atoms with Crippen molar-refractivity contribution < 1.29 is 14.6 Å². The van der Waals surface area contributed by atoms with Crippen molar-refractivity contribution in [2.75, 3.05) is 12.4 Å². The molecule has 4 nitrogen and oxygen atoms in total. The minimum absolute atomic E-state index is 0.426. The molecule has 0 fully saturated rings. The van der Waals surface area contributed by atoms with E-state index in [0.717, 1.165) is 56.6 Å². The number of aromatic nitrogens is 1. The van der Waals surface area contributed by atoms with Crippen molar-refractivity contribution in [3.63, 3.8) is 0 Å². The zero-order valence-electron chi connectivity index (χ0n) is 16.2. The van der Waals surface area contributed by atoms with Crippen LogP contribution in [0.4, 0.5) is 0 Å². The number of hydrogen-bond donors (Lipinski definition) is 1. The fraction of sp³-hybridized carbons (Fsp3) is 0.208. The van der Waals surface area contributed by atoms with E-state index in [-0.39, 0.29) is 0 Å². The average Bonchev–Trinajstić information content (AvgIpc) is 3.08. The first-order chi connectivity index (χ1) is 14.6. The van der Waals surface area contributed by atoms with Crippen LogP contribution in [-0.4, -0.2) is 28.0 Å². The Balaban J connectivity index is 1.39. The number of benzene rings is 3. The van der Waals surface area contributed by atoms with E-state index in [2.05, 4.69) is 6.07 Å². The lowest BCUT2D eigenvalue weighted by Crippen LogP contribution is -2.14. The van der Waals surface area contributed by atoms with Crippen LogP contribution in [0.5, 0.6) is 5.75 Å². The molecule has 30 heavy (non-hydrogen) atoms. The third-order valence-electron chi connectivity index (χ3n) is 5.58. The molecule has 4 aromatic rings. The minimum atomic E-state index is -0.858. The highest BCUT2D eigenvalue weighted by Gasteiger charge is 2.25. The Kier molecular flexibility index (Phi) is 5.09. The number of aryl methyl sites for hydroxylation is 2. The molecule has 152 valence electrons. The van der Waals surface area contributed by atoms with Crippen LogP contribution in [0.25, 0.3) is 21.7 Å². The van der Waals surface area contributed by atoms with Gasteiger partial charge in [0.1, 0.15) is 11.4 Å². The highest BCUT2D eigenvalue weighted by Crippen LogP contribution is 2.38. The molecule has 6 heteroatoms. The number of halogens is 1. The highest BCUT2D eigenvalue weighted by atomic mass is 35.5. The molecule has 3 aromatic carbocycles. The molecule has 0 amide bonds. The third-order valence-corrected chi connectivity index (χ3v) is 6.94. The van der Waals surface area contributed by atoms with Crippen molar-refractivity contribution in [1.82, 2.24) is 4.57 Å². The summed E-state index contributed by atoms with van der Waals surface area (Å²) in [5.74, 6) is 0.837. The molecule has 0 spiro atoms. The first-order valence-corrected chi connectivity index (χ1v) is 11.3. The lowest BCUT2D eigenvalue weighted by atomic mass is 10.1. The van der Waals surface area contributed by atoms with Gasteiger partial charge in [-0.05, 0) is 36.6 Å². The van der Waals surface area contributed by atoms with Crippen LogP contribution in [-0.2, 0) is 13.0 Å². The van der Waals surface area contributed by atoms with E-state index in [9.17, 15) is 9.90 Å². The van der Waals surface area contributed by atoms with E-state index in [1.165, 1.54) is 0 Å². The van der Waals surface area contributed by atoms with Gasteiger partial charge in [0.05, 0.1) is 12.1 Å². The number of hydrogen-bond acceptors (Lipinski definition) is 3. The largest absolute Gasteiger partial charge is 0.493 e. The van der Waals surface area contributed by atoms with Gasteiger partial charge in [-0.15, -0.1) is 11.8 Å². The zero-order chi connectivity index (χ0) is 20.7. The van der Waals surface area contributed by atoms with Crippen molar-refractivity contribution in [2.45, 2.75) is 24.3 Å². The third kappa shape index (κ3) is 3.22. The second-order valence-electron chi connectivity index (χ2n) is 7.33. The summed E-state index contributed by atoms with van der Waals surface area (Å²) in [5, 5.41) is 13.6. The standard InChI is InChI=1S/C24H20ClNO3S/c25-19-10-11-20(16-6-2-1-5-15(16)19)29-13-4-8-18-17-7-3-9-21-22(17)26(12-14-30-21)23(18)24(27)28/h1-3,5-7,9-11H,4,8,12-14H2,(H,27,28). The summed E-state index contributed by atoms with van der Waals surface area (Å²) in [6.07, 6.45) is 1.39. The van der Waals surface area contributed by atoms with Gasteiger partial charge in [0.2, 0.25) is 0 Å². The number of nitrogens with zero attached hydrogens (tertiary/aromatic N) is 1. The van der Waals surface area contributed by atoms with Crippen LogP contribution in [0.2, 0.25) is 5.02 Å². The molecule has 0 radical (unpaired) electrons. The Morgan fingerprint density at radius 1 is 1.07 bits per heavy atom. The lowest BCUT2D eigenvalue weighted by Gasteiger charge is -2.16. The predicted octanol–water partition coefficient (Wildman–Crippen LogP) is 6.26. The van der Waals surface area contributed by atoms with Gasteiger partial charge in [-0.3, -0.25) is 0 Å². The number of carbonyl (C=O) groups is 1. The second-order valence-corrected chi connectivity index (χ2v) is 8.87. The van der Waals surface area contributed by atoms with Crippen LogP contribution >= 0.6 is 23.4 Å². The number of thioether (sulfide) groups is 1. The summed E-state index contributed by atoms with van der Waals surface area (Å²) in [6, 6.07) is 17.8. The van der Waals surface area contributed by atoms with Crippen LogP contribution < -0.4 is 4.74 Å². The second kappa shape index (κ2) is 7.89.